The van der Waals surface area contributed by atoms with E-state index in [1.54, 1.807) is 23.1 Å². The SMILES string of the molecule is Clc1ccc(-c2noc(CSc3nnnn3Cc3ccco3)n2)cc1. The van der Waals surface area contributed by atoms with Gasteiger partial charge in [0.05, 0.1) is 12.0 Å². The predicted octanol–water partition coefficient (Wildman–Crippen LogP) is 3.31. The number of aromatic nitrogens is 6. The van der Waals surface area contributed by atoms with Gasteiger partial charge in [-0.15, -0.1) is 5.10 Å². The molecule has 3 aromatic heterocycles. The summed E-state index contributed by atoms with van der Waals surface area (Å²) in [5.41, 5.74) is 0.840. The van der Waals surface area contributed by atoms with E-state index >= 15 is 0 Å². The molecule has 0 unspecified atom stereocenters. The van der Waals surface area contributed by atoms with Gasteiger partial charge in [0.15, 0.2) is 0 Å². The molecule has 0 aliphatic heterocycles. The first-order valence-corrected chi connectivity index (χ1v) is 8.64. The normalized spacial score (nSPS) is 11.1. The van der Waals surface area contributed by atoms with E-state index in [1.807, 2.05) is 24.3 Å². The maximum absolute atomic E-state index is 5.88. The highest BCUT2D eigenvalue weighted by Gasteiger charge is 2.13. The minimum Gasteiger partial charge on any atom is -0.467 e. The van der Waals surface area contributed by atoms with Gasteiger partial charge in [-0.1, -0.05) is 28.5 Å². The van der Waals surface area contributed by atoms with E-state index in [1.165, 1.54) is 11.8 Å². The monoisotopic (exact) mass is 374 g/mol. The second kappa shape index (κ2) is 7.08. The summed E-state index contributed by atoms with van der Waals surface area (Å²) in [5, 5.41) is 16.9. The van der Waals surface area contributed by atoms with Gasteiger partial charge in [-0.2, -0.15) is 4.98 Å². The van der Waals surface area contributed by atoms with Gasteiger partial charge in [0.2, 0.25) is 16.9 Å². The van der Waals surface area contributed by atoms with Crippen molar-refractivity contribution in [2.24, 2.45) is 0 Å². The Morgan fingerprint density at radius 3 is 2.84 bits per heavy atom. The fraction of sp³-hybridized carbons (Fsp3) is 0.133. The van der Waals surface area contributed by atoms with Gasteiger partial charge in [-0.05, 0) is 46.8 Å². The van der Waals surface area contributed by atoms with Crippen LogP contribution in [0.15, 0.2) is 56.8 Å². The summed E-state index contributed by atoms with van der Waals surface area (Å²) in [6.07, 6.45) is 1.61. The third-order valence-electron chi connectivity index (χ3n) is 3.28. The molecule has 25 heavy (non-hydrogen) atoms. The van der Waals surface area contributed by atoms with Crippen LogP contribution in [-0.2, 0) is 12.3 Å². The lowest BCUT2D eigenvalue weighted by atomic mass is 10.2. The van der Waals surface area contributed by atoms with Crippen molar-refractivity contribution in [2.75, 3.05) is 0 Å². The summed E-state index contributed by atoms with van der Waals surface area (Å²) >= 11 is 7.29. The molecule has 0 aliphatic rings. The Kier molecular flexibility index (Phi) is 4.49. The van der Waals surface area contributed by atoms with E-state index in [9.17, 15) is 0 Å². The van der Waals surface area contributed by atoms with Crippen molar-refractivity contribution in [2.45, 2.75) is 17.5 Å². The van der Waals surface area contributed by atoms with Crippen LogP contribution in [0.5, 0.6) is 0 Å². The van der Waals surface area contributed by atoms with Crippen LogP contribution < -0.4 is 0 Å². The molecule has 0 aliphatic carbocycles. The van der Waals surface area contributed by atoms with E-state index in [0.29, 0.717) is 34.2 Å². The van der Waals surface area contributed by atoms with Crippen LogP contribution in [0, 0.1) is 0 Å². The molecule has 0 atom stereocenters. The van der Waals surface area contributed by atoms with E-state index in [2.05, 4.69) is 25.7 Å². The smallest absolute Gasteiger partial charge is 0.237 e. The molecule has 0 N–H and O–H groups in total. The first-order chi connectivity index (χ1) is 12.3. The lowest BCUT2D eigenvalue weighted by Gasteiger charge is -2.00. The summed E-state index contributed by atoms with van der Waals surface area (Å²) in [4.78, 5) is 4.38. The molecule has 10 heteroatoms. The van der Waals surface area contributed by atoms with Crippen LogP contribution >= 0.6 is 23.4 Å². The Hall–Kier alpha value is -2.65. The zero-order chi connectivity index (χ0) is 17.1. The Balaban J connectivity index is 1.42. The number of tetrazole rings is 1. The van der Waals surface area contributed by atoms with Crippen LogP contribution in [0.4, 0.5) is 0 Å². The number of thioether (sulfide) groups is 1. The zero-order valence-electron chi connectivity index (χ0n) is 12.7. The maximum atomic E-state index is 5.88. The van der Waals surface area contributed by atoms with Crippen LogP contribution in [0.25, 0.3) is 11.4 Å². The quantitative estimate of drug-likeness (QED) is 0.474. The molecule has 0 spiro atoms. The molecule has 4 aromatic rings. The number of benzene rings is 1. The molecule has 126 valence electrons. The molecule has 3 heterocycles. The minimum atomic E-state index is 0.457. The highest BCUT2D eigenvalue weighted by Crippen LogP contribution is 2.23. The summed E-state index contributed by atoms with van der Waals surface area (Å²) in [6, 6.07) is 10.9. The molecule has 0 bridgehead atoms. The van der Waals surface area contributed by atoms with Crippen LogP contribution in [0.2, 0.25) is 5.02 Å². The van der Waals surface area contributed by atoms with Gasteiger partial charge in [0.1, 0.15) is 12.3 Å². The average molecular weight is 375 g/mol. The summed E-state index contributed by atoms with van der Waals surface area (Å²) < 4.78 is 12.2. The Morgan fingerprint density at radius 1 is 1.16 bits per heavy atom. The number of nitrogens with zero attached hydrogens (tertiary/aromatic N) is 6. The lowest BCUT2D eigenvalue weighted by molar-refractivity contribution is 0.391. The van der Waals surface area contributed by atoms with Crippen molar-refractivity contribution in [3.8, 4) is 11.4 Å². The number of hydrogen-bond donors (Lipinski definition) is 0. The summed E-state index contributed by atoms with van der Waals surface area (Å²) in [7, 11) is 0. The van der Waals surface area contributed by atoms with Crippen molar-refractivity contribution in [1.82, 2.24) is 30.3 Å². The summed E-state index contributed by atoms with van der Waals surface area (Å²) in [6.45, 7) is 0.461. The van der Waals surface area contributed by atoms with Crippen LogP contribution in [0.1, 0.15) is 11.7 Å². The number of hydrogen-bond acceptors (Lipinski definition) is 8. The topological polar surface area (TPSA) is 95.7 Å². The van der Waals surface area contributed by atoms with Gasteiger partial charge < -0.3 is 8.94 Å². The largest absolute Gasteiger partial charge is 0.467 e. The van der Waals surface area contributed by atoms with E-state index in [4.69, 9.17) is 20.5 Å². The van der Waals surface area contributed by atoms with Crippen molar-refractivity contribution in [1.29, 1.82) is 0 Å². The fourth-order valence-corrected chi connectivity index (χ4v) is 2.95. The molecule has 0 amide bonds. The third-order valence-corrected chi connectivity index (χ3v) is 4.47. The summed E-state index contributed by atoms with van der Waals surface area (Å²) in [5.74, 6) is 2.24. The number of rotatable bonds is 6. The highest BCUT2D eigenvalue weighted by molar-refractivity contribution is 7.98. The number of halogens is 1. The second-order valence-corrected chi connectivity index (χ2v) is 6.38. The molecular weight excluding hydrogens is 364 g/mol. The van der Waals surface area contributed by atoms with E-state index < -0.39 is 0 Å². The maximum Gasteiger partial charge on any atom is 0.237 e. The van der Waals surface area contributed by atoms with E-state index in [0.717, 1.165) is 11.3 Å². The van der Waals surface area contributed by atoms with Crippen LogP contribution in [0.3, 0.4) is 0 Å². The average Bonchev–Trinajstić information content (AvgIpc) is 3.36. The van der Waals surface area contributed by atoms with E-state index in [-0.39, 0.29) is 0 Å². The molecule has 0 saturated carbocycles. The lowest BCUT2D eigenvalue weighted by Crippen LogP contribution is -2.03. The molecule has 0 radical (unpaired) electrons. The van der Waals surface area contributed by atoms with Crippen molar-refractivity contribution >= 4 is 23.4 Å². The molecule has 4 rings (SSSR count). The molecule has 8 nitrogen and oxygen atoms in total. The minimum absolute atomic E-state index is 0.457. The Labute approximate surface area is 151 Å². The molecular formula is C15H11ClN6O2S. The zero-order valence-corrected chi connectivity index (χ0v) is 14.3. The third kappa shape index (κ3) is 3.72. The molecule has 0 saturated heterocycles. The Bertz CT molecular complexity index is 951. The van der Waals surface area contributed by atoms with Crippen LogP contribution in [-0.4, -0.2) is 30.3 Å². The molecule has 0 fully saturated rings. The first kappa shape index (κ1) is 15.9. The fourth-order valence-electron chi connectivity index (χ4n) is 2.11. The van der Waals surface area contributed by atoms with Gasteiger partial charge >= 0.3 is 0 Å². The second-order valence-electron chi connectivity index (χ2n) is 5.01. The van der Waals surface area contributed by atoms with Gasteiger partial charge in [-0.25, -0.2) is 4.68 Å². The van der Waals surface area contributed by atoms with Gasteiger partial charge in [0.25, 0.3) is 0 Å². The van der Waals surface area contributed by atoms with Gasteiger partial charge in [-0.3, -0.25) is 0 Å². The number of furan rings is 1. The highest BCUT2D eigenvalue weighted by atomic mass is 35.5. The first-order valence-electron chi connectivity index (χ1n) is 7.28. The predicted molar refractivity (Wildman–Crippen MR) is 89.9 cm³/mol. The van der Waals surface area contributed by atoms with Gasteiger partial charge in [0, 0.05) is 10.6 Å². The molecule has 1 aromatic carbocycles. The van der Waals surface area contributed by atoms with Crippen molar-refractivity contribution in [3.63, 3.8) is 0 Å². The Morgan fingerprint density at radius 2 is 2.04 bits per heavy atom. The standard InChI is InChI=1S/C15H11ClN6O2S/c16-11-5-3-10(4-6-11)14-17-13(24-19-14)9-25-15-18-20-21-22(15)8-12-2-1-7-23-12/h1-7H,8-9H2. The van der Waals surface area contributed by atoms with Crippen molar-refractivity contribution < 1.29 is 8.94 Å². The van der Waals surface area contributed by atoms with Crippen molar-refractivity contribution in [3.05, 3.63) is 59.3 Å².